The van der Waals surface area contributed by atoms with Crippen LogP contribution in [-0.4, -0.2) is 0 Å². The van der Waals surface area contributed by atoms with Crippen LogP contribution in [0.3, 0.4) is 0 Å². The quantitative estimate of drug-likeness (QED) is 0.497. The summed E-state index contributed by atoms with van der Waals surface area (Å²) in [7, 11) is 0. The molecule has 142 valence electrons. The first-order chi connectivity index (χ1) is 12.2. The zero-order chi connectivity index (χ0) is 17.9. The van der Waals surface area contributed by atoms with Crippen LogP contribution in [0, 0.1) is 0 Å². The summed E-state index contributed by atoms with van der Waals surface area (Å²) in [6.07, 6.45) is 8.67. The summed E-state index contributed by atoms with van der Waals surface area (Å²) in [6.45, 7) is 2.23. The monoisotopic (exact) mass is 430 g/mol. The molecule has 25 heavy (non-hydrogen) atoms. The minimum absolute atomic E-state index is 0.755. The molecular weight excluding hydrogens is 402 g/mol. The first kappa shape index (κ1) is 20.4. The number of rotatable bonds is 11. The van der Waals surface area contributed by atoms with Crippen LogP contribution in [0.4, 0.5) is 0 Å². The van der Waals surface area contributed by atoms with Gasteiger partial charge in [0.15, 0.2) is 0 Å². The third-order valence-corrected chi connectivity index (χ3v) is 7.57. The summed E-state index contributed by atoms with van der Waals surface area (Å²) in [6, 6.07) is 17.0. The van der Waals surface area contributed by atoms with Gasteiger partial charge in [0.2, 0.25) is 0 Å². The molecule has 0 radical (unpaired) electrons. The van der Waals surface area contributed by atoms with Gasteiger partial charge in [0, 0.05) is 0 Å². The summed E-state index contributed by atoms with van der Waals surface area (Å²) in [5, 5.41) is 0.755. The maximum absolute atomic E-state index is 12.5. The van der Waals surface area contributed by atoms with E-state index in [0.717, 1.165) is 25.3 Å². The predicted molar refractivity (Wildman–Crippen MR) is 96.0 cm³/mol. The topological polar surface area (TPSA) is 34.1 Å². The van der Waals surface area contributed by atoms with E-state index in [9.17, 15) is 7.73 Å². The molecule has 0 aromatic heterocycles. The summed E-state index contributed by atoms with van der Waals surface area (Å²) in [5.41, 5.74) is 0. The van der Waals surface area contributed by atoms with Crippen LogP contribution in [-0.2, 0) is 34.9 Å². The SMILES string of the molecule is CCCCCCCC[CH2][Co](=[O])[c]1cc[c]([Co](=[O])[c]2ccccc2)cc1. The summed E-state index contributed by atoms with van der Waals surface area (Å²) < 4.78 is 27.4. The molecule has 2 rings (SSSR count). The van der Waals surface area contributed by atoms with Gasteiger partial charge in [-0.15, -0.1) is 0 Å². The Morgan fingerprint density at radius 2 is 1.16 bits per heavy atom. The van der Waals surface area contributed by atoms with Gasteiger partial charge < -0.3 is 0 Å². The standard InChI is InChI=1S/C9H19.C6H5.C6H4.2Co.2O/c1-3-5-7-9-8-6-4-2;2*1-2-4-6-5-3-1;;;;/h1,3-9H2,2H3;1-5H;1-2,5-6H;;;;. The van der Waals surface area contributed by atoms with Crippen LogP contribution in [0.1, 0.15) is 51.9 Å². The van der Waals surface area contributed by atoms with E-state index < -0.39 is 27.2 Å². The number of benzene rings is 2. The molecule has 0 saturated carbocycles. The second-order valence-corrected chi connectivity index (χ2v) is 9.83. The molecule has 2 aromatic rings. The molecule has 4 heteroatoms. The van der Waals surface area contributed by atoms with Crippen molar-refractivity contribution in [3.63, 3.8) is 0 Å². The van der Waals surface area contributed by atoms with Gasteiger partial charge >= 0.3 is 160 Å². The molecule has 0 saturated heterocycles. The Hall–Kier alpha value is -0.947. The van der Waals surface area contributed by atoms with E-state index in [1.165, 1.54) is 38.5 Å². The molecule has 0 N–H and O–H groups in total. The predicted octanol–water partition coefficient (Wildman–Crippen LogP) is 4.36. The zero-order valence-corrected chi connectivity index (χ0v) is 16.9. The summed E-state index contributed by atoms with van der Waals surface area (Å²) in [5.74, 6) is 0. The van der Waals surface area contributed by atoms with E-state index in [-0.39, 0.29) is 0 Å². The van der Waals surface area contributed by atoms with Crippen molar-refractivity contribution in [2.24, 2.45) is 0 Å². The van der Waals surface area contributed by atoms with Crippen molar-refractivity contribution in [1.82, 2.24) is 0 Å². The van der Waals surface area contributed by atoms with Gasteiger partial charge in [-0.05, 0) is 0 Å². The number of hydrogen-bond donors (Lipinski definition) is 0. The molecule has 0 aliphatic rings. The van der Waals surface area contributed by atoms with Crippen LogP contribution in [0.15, 0.2) is 54.6 Å². The van der Waals surface area contributed by atoms with Crippen molar-refractivity contribution in [3.8, 4) is 0 Å². The summed E-state index contributed by atoms with van der Waals surface area (Å²) >= 11 is -2.85. The molecular formula is C21H28Co2O2. The van der Waals surface area contributed by atoms with Crippen LogP contribution in [0.5, 0.6) is 0 Å². The van der Waals surface area contributed by atoms with Gasteiger partial charge in [-0.25, -0.2) is 0 Å². The molecule has 0 aliphatic heterocycles. The number of unbranched alkanes of at least 4 members (excludes halogenated alkanes) is 6. The normalized spacial score (nSPS) is 12.0. The zero-order valence-electron chi connectivity index (χ0n) is 14.8. The Balaban J connectivity index is 1.79. The van der Waals surface area contributed by atoms with Crippen molar-refractivity contribution in [2.45, 2.75) is 57.2 Å². The fourth-order valence-electron chi connectivity index (χ4n) is 2.50. The molecule has 2 aromatic carbocycles. The Morgan fingerprint density at radius 3 is 1.80 bits per heavy atom. The number of hydrogen-bond acceptors (Lipinski definition) is 2. The second-order valence-electron chi connectivity index (χ2n) is 5.94. The van der Waals surface area contributed by atoms with Crippen LogP contribution in [0.2, 0.25) is 5.36 Å². The minimum atomic E-state index is -1.54. The molecule has 2 nitrogen and oxygen atoms in total. The van der Waals surface area contributed by atoms with Crippen molar-refractivity contribution in [3.05, 3.63) is 54.6 Å². The van der Waals surface area contributed by atoms with Gasteiger partial charge in [0.25, 0.3) is 0 Å². The Kier molecular flexibility index (Phi) is 9.47. The molecule has 0 bridgehead atoms. The van der Waals surface area contributed by atoms with Gasteiger partial charge in [0.1, 0.15) is 0 Å². The van der Waals surface area contributed by atoms with Gasteiger partial charge in [-0.2, -0.15) is 0 Å². The van der Waals surface area contributed by atoms with E-state index in [1.807, 2.05) is 54.6 Å². The molecule has 0 fully saturated rings. The first-order valence-electron chi connectivity index (χ1n) is 8.95. The van der Waals surface area contributed by atoms with Crippen molar-refractivity contribution in [2.75, 3.05) is 0 Å². The maximum atomic E-state index is 12.5. The van der Waals surface area contributed by atoms with E-state index in [0.29, 0.717) is 0 Å². The molecule has 0 atom stereocenters. The Labute approximate surface area is 160 Å². The molecule has 0 heterocycles. The van der Waals surface area contributed by atoms with Crippen LogP contribution in [0.25, 0.3) is 0 Å². The van der Waals surface area contributed by atoms with Crippen molar-refractivity contribution < 1.29 is 34.9 Å². The van der Waals surface area contributed by atoms with Gasteiger partial charge in [-0.1, -0.05) is 0 Å². The van der Waals surface area contributed by atoms with Crippen LogP contribution < -0.4 is 13.5 Å². The summed E-state index contributed by atoms with van der Waals surface area (Å²) in [4.78, 5) is 0. The second kappa shape index (κ2) is 11.6. The fourth-order valence-corrected chi connectivity index (χ4v) is 5.31. The Bertz CT molecular complexity index is 666. The van der Waals surface area contributed by atoms with Gasteiger partial charge in [-0.3, -0.25) is 0 Å². The third kappa shape index (κ3) is 7.06. The molecule has 0 aliphatic carbocycles. The fraction of sp³-hybridized carbons (Fsp3) is 0.429. The van der Waals surface area contributed by atoms with E-state index in [4.69, 9.17) is 0 Å². The van der Waals surface area contributed by atoms with E-state index >= 15 is 0 Å². The van der Waals surface area contributed by atoms with Crippen LogP contribution >= 0.6 is 0 Å². The van der Waals surface area contributed by atoms with Crippen molar-refractivity contribution >= 4 is 13.5 Å². The van der Waals surface area contributed by atoms with Gasteiger partial charge in [0.05, 0.1) is 0 Å². The van der Waals surface area contributed by atoms with E-state index in [2.05, 4.69) is 6.92 Å². The van der Waals surface area contributed by atoms with Crippen molar-refractivity contribution in [1.29, 1.82) is 0 Å². The first-order valence-corrected chi connectivity index (χ1v) is 12.1. The average molecular weight is 430 g/mol. The molecule has 0 amide bonds. The molecule has 0 unspecified atom stereocenters. The Morgan fingerprint density at radius 1 is 0.640 bits per heavy atom. The average Bonchev–Trinajstić information content (AvgIpc) is 2.67. The third-order valence-electron chi connectivity index (χ3n) is 3.93. The molecule has 0 spiro atoms. The van der Waals surface area contributed by atoms with E-state index in [1.54, 1.807) is 0 Å².